The Bertz CT molecular complexity index is 132. The molecule has 3 nitrogen and oxygen atoms in total. The normalized spacial score (nSPS) is 15.6. The minimum atomic E-state index is -0.410. The van der Waals surface area contributed by atoms with Crippen LogP contribution in [0.3, 0.4) is 0 Å². The van der Waals surface area contributed by atoms with Crippen molar-refractivity contribution in [3.63, 3.8) is 0 Å². The lowest BCUT2D eigenvalue weighted by molar-refractivity contribution is -0.144. The van der Waals surface area contributed by atoms with Crippen molar-refractivity contribution in [1.29, 1.82) is 0 Å². The molecule has 66 valence electrons. The van der Waals surface area contributed by atoms with Crippen molar-refractivity contribution in [2.75, 3.05) is 6.61 Å². The van der Waals surface area contributed by atoms with Gasteiger partial charge in [0.15, 0.2) is 0 Å². The summed E-state index contributed by atoms with van der Waals surface area (Å²) in [6, 6.07) is 0. The first-order chi connectivity index (χ1) is 5.02. The molecule has 0 rings (SSSR count). The standard InChI is InChI=1S/C8H17NO2/c1-4-8(3,9)6-7(10)11-5-2/h4-6,9H2,1-3H3/t8-/m1/s1. The fourth-order valence-corrected chi connectivity index (χ4v) is 0.667. The Labute approximate surface area is 67.9 Å². The van der Waals surface area contributed by atoms with E-state index >= 15 is 0 Å². The zero-order chi connectivity index (χ0) is 8.91. The summed E-state index contributed by atoms with van der Waals surface area (Å²) in [7, 11) is 0. The Morgan fingerprint density at radius 3 is 2.45 bits per heavy atom. The molecule has 0 unspecified atom stereocenters. The molecule has 0 saturated carbocycles. The predicted octanol–water partition coefficient (Wildman–Crippen LogP) is 1.07. The van der Waals surface area contributed by atoms with Crippen LogP contribution in [0.15, 0.2) is 0 Å². The van der Waals surface area contributed by atoms with Gasteiger partial charge in [-0.25, -0.2) is 0 Å². The summed E-state index contributed by atoms with van der Waals surface area (Å²) < 4.78 is 4.76. The largest absolute Gasteiger partial charge is 0.466 e. The molecule has 0 radical (unpaired) electrons. The Kier molecular flexibility index (Phi) is 4.11. The Morgan fingerprint density at radius 1 is 1.55 bits per heavy atom. The topological polar surface area (TPSA) is 52.3 Å². The molecule has 0 heterocycles. The molecule has 0 aliphatic rings. The van der Waals surface area contributed by atoms with E-state index in [9.17, 15) is 4.79 Å². The Hall–Kier alpha value is -0.570. The minimum absolute atomic E-state index is 0.209. The van der Waals surface area contributed by atoms with Gasteiger partial charge in [0.1, 0.15) is 0 Å². The molecule has 0 aliphatic carbocycles. The zero-order valence-corrected chi connectivity index (χ0v) is 7.52. The maximum Gasteiger partial charge on any atom is 0.307 e. The third-order valence-electron chi connectivity index (χ3n) is 1.66. The third kappa shape index (κ3) is 4.79. The van der Waals surface area contributed by atoms with Crippen LogP contribution in [0.2, 0.25) is 0 Å². The third-order valence-corrected chi connectivity index (χ3v) is 1.66. The first kappa shape index (κ1) is 10.4. The van der Waals surface area contributed by atoms with E-state index in [1.54, 1.807) is 6.92 Å². The van der Waals surface area contributed by atoms with Crippen LogP contribution in [0.4, 0.5) is 0 Å². The first-order valence-electron chi connectivity index (χ1n) is 3.96. The van der Waals surface area contributed by atoms with Gasteiger partial charge in [-0.05, 0) is 20.3 Å². The van der Waals surface area contributed by atoms with E-state index < -0.39 is 5.54 Å². The highest BCUT2D eigenvalue weighted by Crippen LogP contribution is 2.10. The van der Waals surface area contributed by atoms with Crippen LogP contribution in [-0.2, 0) is 9.53 Å². The van der Waals surface area contributed by atoms with E-state index in [0.29, 0.717) is 13.0 Å². The lowest BCUT2D eigenvalue weighted by atomic mass is 9.96. The maximum atomic E-state index is 10.9. The number of carbonyl (C=O) groups excluding carboxylic acids is 1. The van der Waals surface area contributed by atoms with E-state index in [2.05, 4.69) is 0 Å². The number of esters is 1. The van der Waals surface area contributed by atoms with Crippen molar-refractivity contribution in [3.8, 4) is 0 Å². The van der Waals surface area contributed by atoms with Crippen LogP contribution in [-0.4, -0.2) is 18.1 Å². The molecule has 0 aromatic carbocycles. The predicted molar refractivity (Wildman–Crippen MR) is 44.1 cm³/mol. The van der Waals surface area contributed by atoms with E-state index in [-0.39, 0.29) is 5.97 Å². The number of hydrogen-bond acceptors (Lipinski definition) is 3. The molecular formula is C8H17NO2. The van der Waals surface area contributed by atoms with E-state index in [4.69, 9.17) is 10.5 Å². The summed E-state index contributed by atoms with van der Waals surface area (Å²) in [5, 5.41) is 0. The first-order valence-corrected chi connectivity index (χ1v) is 3.96. The summed E-state index contributed by atoms with van der Waals surface area (Å²) >= 11 is 0. The quantitative estimate of drug-likeness (QED) is 0.624. The van der Waals surface area contributed by atoms with Crippen LogP contribution in [0.5, 0.6) is 0 Å². The second-order valence-electron chi connectivity index (χ2n) is 2.99. The summed E-state index contributed by atoms with van der Waals surface area (Å²) in [6.45, 7) is 6.03. The van der Waals surface area contributed by atoms with Gasteiger partial charge >= 0.3 is 5.97 Å². The van der Waals surface area contributed by atoms with Gasteiger partial charge in [-0.15, -0.1) is 0 Å². The monoisotopic (exact) mass is 159 g/mol. The molecule has 0 aliphatic heterocycles. The zero-order valence-electron chi connectivity index (χ0n) is 7.52. The van der Waals surface area contributed by atoms with Gasteiger partial charge in [0.05, 0.1) is 13.0 Å². The molecule has 0 spiro atoms. The van der Waals surface area contributed by atoms with Crippen LogP contribution in [0.25, 0.3) is 0 Å². The van der Waals surface area contributed by atoms with E-state index in [0.717, 1.165) is 6.42 Å². The molecule has 1 atom stereocenters. The molecule has 0 amide bonds. The average Bonchev–Trinajstić information content (AvgIpc) is 1.87. The molecule has 2 N–H and O–H groups in total. The van der Waals surface area contributed by atoms with Gasteiger partial charge in [-0.2, -0.15) is 0 Å². The van der Waals surface area contributed by atoms with Crippen molar-refractivity contribution < 1.29 is 9.53 Å². The maximum absolute atomic E-state index is 10.9. The number of rotatable bonds is 4. The van der Waals surface area contributed by atoms with Crippen LogP contribution >= 0.6 is 0 Å². The average molecular weight is 159 g/mol. The number of hydrogen-bond donors (Lipinski definition) is 1. The Balaban J connectivity index is 3.74. The number of nitrogens with two attached hydrogens (primary N) is 1. The summed E-state index contributed by atoms with van der Waals surface area (Å²) in [4.78, 5) is 10.9. The van der Waals surface area contributed by atoms with Gasteiger partial charge in [-0.3, -0.25) is 4.79 Å². The highest BCUT2D eigenvalue weighted by molar-refractivity contribution is 5.70. The molecule has 0 aromatic heterocycles. The van der Waals surface area contributed by atoms with Gasteiger partial charge in [-0.1, -0.05) is 6.92 Å². The van der Waals surface area contributed by atoms with Crippen molar-refractivity contribution in [2.24, 2.45) is 5.73 Å². The summed E-state index contributed by atoms with van der Waals surface area (Å²) in [5.74, 6) is -0.209. The molecule has 11 heavy (non-hydrogen) atoms. The van der Waals surface area contributed by atoms with Crippen LogP contribution in [0.1, 0.15) is 33.6 Å². The van der Waals surface area contributed by atoms with Gasteiger partial charge in [0.2, 0.25) is 0 Å². The fourth-order valence-electron chi connectivity index (χ4n) is 0.667. The minimum Gasteiger partial charge on any atom is -0.466 e. The Morgan fingerprint density at radius 2 is 2.09 bits per heavy atom. The van der Waals surface area contributed by atoms with Gasteiger partial charge in [0.25, 0.3) is 0 Å². The fraction of sp³-hybridized carbons (Fsp3) is 0.875. The smallest absolute Gasteiger partial charge is 0.307 e. The molecule has 0 saturated heterocycles. The molecule has 0 bridgehead atoms. The molecule has 3 heteroatoms. The second kappa shape index (κ2) is 4.34. The number of carbonyl (C=O) groups is 1. The lowest BCUT2D eigenvalue weighted by Crippen LogP contribution is -2.38. The van der Waals surface area contributed by atoms with E-state index in [1.165, 1.54) is 0 Å². The van der Waals surface area contributed by atoms with Crippen LogP contribution < -0.4 is 5.73 Å². The summed E-state index contributed by atoms with van der Waals surface area (Å²) in [6.07, 6.45) is 1.09. The molecule has 0 aromatic rings. The highest BCUT2D eigenvalue weighted by atomic mass is 16.5. The molecule has 0 fully saturated rings. The van der Waals surface area contributed by atoms with Crippen molar-refractivity contribution in [1.82, 2.24) is 0 Å². The van der Waals surface area contributed by atoms with Crippen molar-refractivity contribution in [3.05, 3.63) is 0 Å². The summed E-state index contributed by atoms with van der Waals surface area (Å²) in [5.41, 5.74) is 5.34. The lowest BCUT2D eigenvalue weighted by Gasteiger charge is -2.20. The SMILES string of the molecule is CCOC(=O)C[C@](C)(N)CC. The van der Waals surface area contributed by atoms with Gasteiger partial charge < -0.3 is 10.5 Å². The van der Waals surface area contributed by atoms with Gasteiger partial charge in [0, 0.05) is 5.54 Å². The second-order valence-corrected chi connectivity index (χ2v) is 2.99. The molecular weight excluding hydrogens is 142 g/mol. The number of ether oxygens (including phenoxy) is 1. The van der Waals surface area contributed by atoms with Crippen LogP contribution in [0, 0.1) is 0 Å². The highest BCUT2D eigenvalue weighted by Gasteiger charge is 2.20. The van der Waals surface area contributed by atoms with E-state index in [1.807, 2.05) is 13.8 Å². The van der Waals surface area contributed by atoms with Crippen molar-refractivity contribution >= 4 is 5.97 Å². The van der Waals surface area contributed by atoms with Crippen molar-refractivity contribution in [2.45, 2.75) is 39.2 Å².